The molecule has 1 aliphatic heterocycles. The van der Waals surface area contributed by atoms with Gasteiger partial charge in [0.2, 0.25) is 0 Å². The van der Waals surface area contributed by atoms with Gasteiger partial charge in [-0.3, -0.25) is 9.69 Å². The average molecular weight is 349 g/mol. The van der Waals surface area contributed by atoms with E-state index in [-0.39, 0.29) is 16.6 Å². The first-order chi connectivity index (χ1) is 12.3. The highest BCUT2D eigenvalue weighted by Crippen LogP contribution is 2.63. The Kier molecular flexibility index (Phi) is 4.05. The predicted molar refractivity (Wildman–Crippen MR) is 103 cm³/mol. The van der Waals surface area contributed by atoms with E-state index in [1.54, 1.807) is 0 Å². The second kappa shape index (κ2) is 6.04. The molecule has 3 nitrogen and oxygen atoms in total. The van der Waals surface area contributed by atoms with Gasteiger partial charge >= 0.3 is 0 Å². The van der Waals surface area contributed by atoms with Crippen molar-refractivity contribution >= 4 is 5.78 Å². The molecule has 4 rings (SSSR count). The average Bonchev–Trinajstić information content (AvgIpc) is 2.96. The van der Waals surface area contributed by atoms with E-state index in [0.717, 1.165) is 37.1 Å². The number of nitrogens with zero attached hydrogens (tertiary/aromatic N) is 1. The molecule has 0 bridgehead atoms. The van der Waals surface area contributed by atoms with E-state index >= 15 is 0 Å². The quantitative estimate of drug-likeness (QED) is 0.852. The maximum Gasteiger partial charge on any atom is 0.176 e. The highest BCUT2D eigenvalue weighted by atomic mass is 16.3. The highest BCUT2D eigenvalue weighted by molar-refractivity contribution is 5.97. The SMILES string of the molecule is C[C@@]12CN(CC(=O)c3ccccc3)C[C@]1(C)C[C@@](O)(c1ccccc1)C2. The topological polar surface area (TPSA) is 40.5 Å². The van der Waals surface area contributed by atoms with Crippen LogP contribution in [0.5, 0.6) is 0 Å². The van der Waals surface area contributed by atoms with Gasteiger partial charge in [-0.2, -0.15) is 0 Å². The lowest BCUT2D eigenvalue weighted by molar-refractivity contribution is 0.0220. The van der Waals surface area contributed by atoms with Crippen LogP contribution in [0.1, 0.15) is 42.6 Å². The highest BCUT2D eigenvalue weighted by Gasteiger charge is 2.62. The Morgan fingerprint density at radius 3 is 1.96 bits per heavy atom. The van der Waals surface area contributed by atoms with Crippen LogP contribution in [0.2, 0.25) is 0 Å². The molecular weight excluding hydrogens is 322 g/mol. The minimum atomic E-state index is -0.764. The van der Waals surface area contributed by atoms with Gasteiger partial charge in [-0.05, 0) is 29.2 Å². The minimum Gasteiger partial charge on any atom is -0.385 e. The zero-order chi connectivity index (χ0) is 18.4. The second-order valence-corrected chi connectivity index (χ2v) is 8.81. The molecule has 0 radical (unpaired) electrons. The third kappa shape index (κ3) is 2.80. The largest absolute Gasteiger partial charge is 0.385 e. The van der Waals surface area contributed by atoms with E-state index in [0.29, 0.717) is 6.54 Å². The molecule has 136 valence electrons. The smallest absolute Gasteiger partial charge is 0.176 e. The van der Waals surface area contributed by atoms with Crippen molar-refractivity contribution in [3.05, 3.63) is 71.8 Å². The molecule has 2 aromatic carbocycles. The molecule has 0 aromatic heterocycles. The van der Waals surface area contributed by atoms with Gasteiger partial charge in [0.1, 0.15) is 0 Å². The van der Waals surface area contributed by atoms with E-state index in [1.165, 1.54) is 0 Å². The summed E-state index contributed by atoms with van der Waals surface area (Å²) in [4.78, 5) is 14.9. The third-order valence-electron chi connectivity index (χ3n) is 6.74. The van der Waals surface area contributed by atoms with Gasteiger partial charge in [0.05, 0.1) is 12.1 Å². The summed E-state index contributed by atoms with van der Waals surface area (Å²) in [7, 11) is 0. The number of hydrogen-bond acceptors (Lipinski definition) is 3. The summed E-state index contributed by atoms with van der Waals surface area (Å²) < 4.78 is 0. The second-order valence-electron chi connectivity index (χ2n) is 8.81. The van der Waals surface area contributed by atoms with Gasteiger partial charge in [0.25, 0.3) is 0 Å². The molecule has 26 heavy (non-hydrogen) atoms. The number of carbonyl (C=O) groups excluding carboxylic acids is 1. The maximum absolute atomic E-state index is 12.6. The molecule has 1 N–H and O–H groups in total. The molecule has 3 heteroatoms. The van der Waals surface area contributed by atoms with Crippen LogP contribution in [0.3, 0.4) is 0 Å². The molecule has 2 fully saturated rings. The van der Waals surface area contributed by atoms with Crippen molar-refractivity contribution in [2.24, 2.45) is 10.8 Å². The van der Waals surface area contributed by atoms with Crippen LogP contribution in [0.25, 0.3) is 0 Å². The Morgan fingerprint density at radius 2 is 1.42 bits per heavy atom. The zero-order valence-electron chi connectivity index (χ0n) is 15.6. The zero-order valence-corrected chi connectivity index (χ0v) is 15.6. The standard InChI is InChI=1S/C23H27NO2/c1-21-14-23(26,19-11-7-4-8-12-19)15-22(21,2)17-24(16-21)13-20(25)18-9-5-3-6-10-18/h3-12,26H,13-17H2,1-2H3/t21-,22+,23-. The molecule has 2 aliphatic rings. The summed E-state index contributed by atoms with van der Waals surface area (Å²) in [6.45, 7) is 6.73. The molecule has 0 spiro atoms. The maximum atomic E-state index is 12.6. The Bertz CT molecular complexity index is 783. The van der Waals surface area contributed by atoms with Crippen molar-refractivity contribution in [2.75, 3.05) is 19.6 Å². The number of ketones is 1. The number of aliphatic hydroxyl groups is 1. The molecule has 0 unspecified atom stereocenters. The first-order valence-corrected chi connectivity index (χ1v) is 9.42. The molecule has 1 saturated carbocycles. The van der Waals surface area contributed by atoms with Crippen LogP contribution in [-0.4, -0.2) is 35.4 Å². The van der Waals surface area contributed by atoms with Crippen molar-refractivity contribution < 1.29 is 9.90 Å². The number of likely N-dealkylation sites (tertiary alicyclic amines) is 1. The molecule has 3 atom stereocenters. The van der Waals surface area contributed by atoms with Crippen molar-refractivity contribution in [1.29, 1.82) is 0 Å². The number of Topliss-reactive ketones (excluding diaryl/α,β-unsaturated/α-hetero) is 1. The lowest BCUT2D eigenvalue weighted by Crippen LogP contribution is -2.33. The van der Waals surface area contributed by atoms with Gasteiger partial charge in [0.15, 0.2) is 5.78 Å². The van der Waals surface area contributed by atoms with Crippen molar-refractivity contribution in [1.82, 2.24) is 4.90 Å². The van der Waals surface area contributed by atoms with Gasteiger partial charge in [-0.15, -0.1) is 0 Å². The van der Waals surface area contributed by atoms with E-state index in [9.17, 15) is 9.90 Å². The fraction of sp³-hybridized carbons (Fsp3) is 0.435. The van der Waals surface area contributed by atoms with Crippen molar-refractivity contribution in [2.45, 2.75) is 32.3 Å². The monoisotopic (exact) mass is 349 g/mol. The predicted octanol–water partition coefficient (Wildman–Crippen LogP) is 3.88. The molecule has 1 aliphatic carbocycles. The fourth-order valence-corrected chi connectivity index (χ4v) is 5.30. The lowest BCUT2D eigenvalue weighted by atomic mass is 9.71. The van der Waals surface area contributed by atoms with Gasteiger partial charge in [-0.1, -0.05) is 74.5 Å². The van der Waals surface area contributed by atoms with E-state index in [2.05, 4.69) is 18.7 Å². The Morgan fingerprint density at radius 1 is 0.923 bits per heavy atom. The van der Waals surface area contributed by atoms with Crippen molar-refractivity contribution in [3.63, 3.8) is 0 Å². The number of fused-ring (bicyclic) bond motifs is 1. The van der Waals surface area contributed by atoms with Gasteiger partial charge in [0, 0.05) is 18.7 Å². The first kappa shape index (κ1) is 17.4. The molecule has 1 saturated heterocycles. The van der Waals surface area contributed by atoms with Crippen LogP contribution < -0.4 is 0 Å². The van der Waals surface area contributed by atoms with E-state index < -0.39 is 5.60 Å². The summed E-state index contributed by atoms with van der Waals surface area (Å²) in [6, 6.07) is 19.6. The number of hydrogen-bond donors (Lipinski definition) is 1. The Balaban J connectivity index is 1.51. The van der Waals surface area contributed by atoms with Crippen LogP contribution in [-0.2, 0) is 5.60 Å². The van der Waals surface area contributed by atoms with Gasteiger partial charge in [-0.25, -0.2) is 0 Å². The number of carbonyl (C=O) groups is 1. The lowest BCUT2D eigenvalue weighted by Gasteiger charge is -2.32. The van der Waals surface area contributed by atoms with Crippen LogP contribution in [0, 0.1) is 10.8 Å². The molecule has 2 aromatic rings. The fourth-order valence-electron chi connectivity index (χ4n) is 5.30. The van der Waals surface area contributed by atoms with E-state index in [1.807, 2.05) is 60.7 Å². The van der Waals surface area contributed by atoms with E-state index in [4.69, 9.17) is 0 Å². The molecule has 0 amide bonds. The summed E-state index contributed by atoms with van der Waals surface area (Å²) in [5.41, 5.74) is 1.05. The third-order valence-corrected chi connectivity index (χ3v) is 6.74. The Labute approximate surface area is 155 Å². The summed E-state index contributed by atoms with van der Waals surface area (Å²) >= 11 is 0. The Hall–Kier alpha value is -1.97. The van der Waals surface area contributed by atoms with Crippen LogP contribution >= 0.6 is 0 Å². The summed E-state index contributed by atoms with van der Waals surface area (Å²) in [5.74, 6) is 0.177. The van der Waals surface area contributed by atoms with Crippen LogP contribution in [0.15, 0.2) is 60.7 Å². The molecule has 1 heterocycles. The van der Waals surface area contributed by atoms with Crippen LogP contribution in [0.4, 0.5) is 0 Å². The minimum absolute atomic E-state index is 0.00849. The van der Waals surface area contributed by atoms with Gasteiger partial charge < -0.3 is 5.11 Å². The first-order valence-electron chi connectivity index (χ1n) is 9.42. The summed E-state index contributed by atoms with van der Waals surface area (Å²) in [6.07, 6.45) is 1.49. The molecular formula is C23H27NO2. The normalized spacial score (nSPS) is 34.0. The number of benzene rings is 2. The van der Waals surface area contributed by atoms with Crippen molar-refractivity contribution in [3.8, 4) is 0 Å². The summed E-state index contributed by atoms with van der Waals surface area (Å²) in [5, 5.41) is 11.4. The number of rotatable bonds is 4.